The van der Waals surface area contributed by atoms with Gasteiger partial charge in [0.15, 0.2) is 0 Å². The molecular formula is C16H33N3O2. The van der Waals surface area contributed by atoms with E-state index in [0.717, 1.165) is 32.6 Å². The summed E-state index contributed by atoms with van der Waals surface area (Å²) in [5.41, 5.74) is -0.421. The van der Waals surface area contributed by atoms with Gasteiger partial charge in [-0.05, 0) is 73.0 Å². The third-order valence-corrected chi connectivity index (χ3v) is 3.65. The molecule has 1 rings (SSSR count). The summed E-state index contributed by atoms with van der Waals surface area (Å²) in [6.45, 7) is 12.4. The quantitative estimate of drug-likeness (QED) is 0.739. The van der Waals surface area contributed by atoms with E-state index in [4.69, 9.17) is 4.74 Å². The van der Waals surface area contributed by atoms with Crippen molar-refractivity contribution in [2.24, 2.45) is 0 Å². The molecule has 0 bridgehead atoms. The molecule has 21 heavy (non-hydrogen) atoms. The molecule has 1 saturated heterocycles. The van der Waals surface area contributed by atoms with E-state index < -0.39 is 5.60 Å². The molecule has 0 saturated carbocycles. The second kappa shape index (κ2) is 9.26. The summed E-state index contributed by atoms with van der Waals surface area (Å²) in [5.74, 6) is 0. The molecule has 0 spiro atoms. The number of hydrogen-bond acceptors (Lipinski definition) is 4. The van der Waals surface area contributed by atoms with Gasteiger partial charge in [0.25, 0.3) is 0 Å². The predicted molar refractivity (Wildman–Crippen MR) is 86.6 cm³/mol. The fraction of sp³-hybridized carbons (Fsp3) is 0.938. The van der Waals surface area contributed by atoms with Crippen molar-refractivity contribution in [1.82, 2.24) is 15.5 Å². The van der Waals surface area contributed by atoms with Crippen molar-refractivity contribution >= 4 is 6.09 Å². The molecule has 1 atom stereocenters. The van der Waals surface area contributed by atoms with Crippen LogP contribution in [0.2, 0.25) is 0 Å². The van der Waals surface area contributed by atoms with Crippen molar-refractivity contribution in [3.05, 3.63) is 0 Å². The SMILES string of the molecule is CCN(CCCNC1CCCNCC1)C(=O)OC(C)(C)C. The first-order valence-electron chi connectivity index (χ1n) is 8.34. The lowest BCUT2D eigenvalue weighted by molar-refractivity contribution is 0.0258. The first-order chi connectivity index (χ1) is 9.92. The number of ether oxygens (including phenoxy) is 1. The minimum atomic E-state index is -0.421. The number of nitrogens with one attached hydrogen (secondary N) is 2. The molecule has 1 fully saturated rings. The molecule has 0 aliphatic carbocycles. The minimum absolute atomic E-state index is 0.205. The van der Waals surface area contributed by atoms with E-state index >= 15 is 0 Å². The van der Waals surface area contributed by atoms with E-state index in [0.29, 0.717) is 12.6 Å². The van der Waals surface area contributed by atoms with Gasteiger partial charge in [0.2, 0.25) is 0 Å². The van der Waals surface area contributed by atoms with E-state index in [2.05, 4.69) is 10.6 Å². The lowest BCUT2D eigenvalue weighted by atomic mass is 10.1. The first-order valence-corrected chi connectivity index (χ1v) is 8.34. The van der Waals surface area contributed by atoms with Gasteiger partial charge in [0.1, 0.15) is 5.60 Å². The Hall–Kier alpha value is -0.810. The summed E-state index contributed by atoms with van der Waals surface area (Å²) in [6, 6.07) is 0.622. The fourth-order valence-electron chi connectivity index (χ4n) is 2.50. The Balaban J connectivity index is 2.20. The largest absolute Gasteiger partial charge is 0.444 e. The highest BCUT2D eigenvalue weighted by atomic mass is 16.6. The molecule has 1 unspecified atom stereocenters. The van der Waals surface area contributed by atoms with Gasteiger partial charge in [0.05, 0.1) is 0 Å². The Morgan fingerprint density at radius 1 is 1.33 bits per heavy atom. The van der Waals surface area contributed by atoms with E-state index in [1.807, 2.05) is 27.7 Å². The molecule has 2 N–H and O–H groups in total. The van der Waals surface area contributed by atoms with E-state index in [9.17, 15) is 4.79 Å². The maximum absolute atomic E-state index is 12.0. The van der Waals surface area contributed by atoms with Crippen LogP contribution < -0.4 is 10.6 Å². The van der Waals surface area contributed by atoms with Gasteiger partial charge in [-0.2, -0.15) is 0 Å². The van der Waals surface area contributed by atoms with Gasteiger partial charge in [0, 0.05) is 19.1 Å². The smallest absolute Gasteiger partial charge is 0.410 e. The molecule has 0 aromatic heterocycles. The van der Waals surface area contributed by atoms with E-state index in [1.165, 1.54) is 19.3 Å². The van der Waals surface area contributed by atoms with Gasteiger partial charge in [-0.1, -0.05) is 0 Å². The molecular weight excluding hydrogens is 266 g/mol. The number of rotatable bonds is 6. The van der Waals surface area contributed by atoms with Crippen LogP contribution in [0, 0.1) is 0 Å². The molecule has 1 aliphatic rings. The van der Waals surface area contributed by atoms with Crippen molar-refractivity contribution in [2.45, 2.75) is 65.0 Å². The summed E-state index contributed by atoms with van der Waals surface area (Å²) in [5, 5.41) is 7.03. The molecule has 5 heteroatoms. The van der Waals surface area contributed by atoms with Crippen LogP contribution in [0.3, 0.4) is 0 Å². The Morgan fingerprint density at radius 3 is 2.76 bits per heavy atom. The average Bonchev–Trinajstić information content (AvgIpc) is 2.65. The summed E-state index contributed by atoms with van der Waals surface area (Å²) >= 11 is 0. The number of carbonyl (C=O) groups is 1. The van der Waals surface area contributed by atoms with Crippen molar-refractivity contribution in [3.63, 3.8) is 0 Å². The monoisotopic (exact) mass is 299 g/mol. The molecule has 5 nitrogen and oxygen atoms in total. The summed E-state index contributed by atoms with van der Waals surface area (Å²) in [7, 11) is 0. The highest BCUT2D eigenvalue weighted by Gasteiger charge is 2.20. The summed E-state index contributed by atoms with van der Waals surface area (Å²) in [6.07, 6.45) is 4.46. The molecule has 124 valence electrons. The number of hydrogen-bond donors (Lipinski definition) is 2. The highest BCUT2D eigenvalue weighted by Crippen LogP contribution is 2.10. The van der Waals surface area contributed by atoms with Crippen LogP contribution in [0.15, 0.2) is 0 Å². The van der Waals surface area contributed by atoms with Crippen LogP contribution >= 0.6 is 0 Å². The second-order valence-corrected chi connectivity index (χ2v) is 6.75. The van der Waals surface area contributed by atoms with Crippen LogP contribution in [0.1, 0.15) is 53.4 Å². The van der Waals surface area contributed by atoms with Crippen LogP contribution in [0.4, 0.5) is 4.79 Å². The van der Waals surface area contributed by atoms with Crippen LogP contribution in [-0.4, -0.2) is 55.4 Å². The lowest BCUT2D eigenvalue weighted by Crippen LogP contribution is -2.39. The maximum atomic E-state index is 12.0. The van der Waals surface area contributed by atoms with Crippen molar-refractivity contribution in [2.75, 3.05) is 32.7 Å². The number of amides is 1. The standard InChI is InChI=1S/C16H33N3O2/c1-5-19(15(20)21-16(2,3)4)13-7-11-18-14-8-6-10-17-12-9-14/h14,17-18H,5-13H2,1-4H3. The van der Waals surface area contributed by atoms with Gasteiger partial charge in [-0.3, -0.25) is 0 Å². The average molecular weight is 299 g/mol. The van der Waals surface area contributed by atoms with Crippen molar-refractivity contribution in [1.29, 1.82) is 0 Å². The highest BCUT2D eigenvalue weighted by molar-refractivity contribution is 5.68. The lowest BCUT2D eigenvalue weighted by Gasteiger charge is -2.26. The van der Waals surface area contributed by atoms with Gasteiger partial charge in [-0.15, -0.1) is 0 Å². The second-order valence-electron chi connectivity index (χ2n) is 6.75. The van der Waals surface area contributed by atoms with E-state index in [1.54, 1.807) is 4.90 Å². The fourth-order valence-corrected chi connectivity index (χ4v) is 2.50. The van der Waals surface area contributed by atoms with Gasteiger partial charge < -0.3 is 20.3 Å². The Morgan fingerprint density at radius 2 is 2.10 bits per heavy atom. The van der Waals surface area contributed by atoms with E-state index in [-0.39, 0.29) is 6.09 Å². The Bertz CT molecular complexity index is 294. The minimum Gasteiger partial charge on any atom is -0.444 e. The Kier molecular flexibility index (Phi) is 8.04. The van der Waals surface area contributed by atoms with Gasteiger partial charge in [-0.25, -0.2) is 4.79 Å². The molecule has 1 heterocycles. The Labute approximate surface area is 129 Å². The third kappa shape index (κ3) is 8.27. The number of nitrogens with zero attached hydrogens (tertiary/aromatic N) is 1. The molecule has 0 aromatic rings. The zero-order chi connectivity index (χ0) is 15.7. The van der Waals surface area contributed by atoms with Crippen LogP contribution in [0.25, 0.3) is 0 Å². The predicted octanol–water partition coefficient (Wildman–Crippen LogP) is 2.37. The van der Waals surface area contributed by atoms with Crippen LogP contribution in [-0.2, 0) is 4.74 Å². The molecule has 1 aliphatic heterocycles. The zero-order valence-corrected chi connectivity index (χ0v) is 14.2. The van der Waals surface area contributed by atoms with Gasteiger partial charge >= 0.3 is 6.09 Å². The normalized spacial score (nSPS) is 19.9. The topological polar surface area (TPSA) is 53.6 Å². The van der Waals surface area contributed by atoms with Crippen molar-refractivity contribution in [3.8, 4) is 0 Å². The third-order valence-electron chi connectivity index (χ3n) is 3.65. The van der Waals surface area contributed by atoms with Crippen molar-refractivity contribution < 1.29 is 9.53 Å². The summed E-state index contributed by atoms with van der Waals surface area (Å²) < 4.78 is 5.41. The zero-order valence-electron chi connectivity index (χ0n) is 14.2. The maximum Gasteiger partial charge on any atom is 0.410 e. The number of carbonyl (C=O) groups excluding carboxylic acids is 1. The molecule has 0 aromatic carbocycles. The van der Waals surface area contributed by atoms with Crippen LogP contribution in [0.5, 0.6) is 0 Å². The first kappa shape index (κ1) is 18.2. The summed E-state index contributed by atoms with van der Waals surface area (Å²) in [4.78, 5) is 13.8. The molecule has 1 amide bonds. The molecule has 0 radical (unpaired) electrons.